The highest BCUT2D eigenvalue weighted by Gasteiger charge is 2.46. The highest BCUT2D eigenvalue weighted by atomic mass is 32.2. The van der Waals surface area contributed by atoms with Gasteiger partial charge in [0.05, 0.1) is 17.6 Å². The summed E-state index contributed by atoms with van der Waals surface area (Å²) in [5, 5.41) is 11.4. The Morgan fingerprint density at radius 3 is 2.42 bits per heavy atom. The van der Waals surface area contributed by atoms with Gasteiger partial charge in [0.25, 0.3) is 5.91 Å². The Labute approximate surface area is 248 Å². The Hall–Kier alpha value is -4.62. The van der Waals surface area contributed by atoms with E-state index < -0.39 is 9.84 Å². The third-order valence-corrected chi connectivity index (χ3v) is 9.76. The number of fused-ring (bicyclic) bond motifs is 3. The first-order chi connectivity index (χ1) is 20.7. The zero-order chi connectivity index (χ0) is 29.9. The maximum atomic E-state index is 13.4. The molecule has 2 aliphatic rings. The number of nitrogen functional groups attached to an aromatic ring is 1. The summed E-state index contributed by atoms with van der Waals surface area (Å²) in [4.78, 5) is 24.9. The van der Waals surface area contributed by atoms with Crippen LogP contribution in [0.3, 0.4) is 0 Å². The Morgan fingerprint density at radius 1 is 1.05 bits per heavy atom. The number of nitrogens with two attached hydrogens (primary N) is 2. The van der Waals surface area contributed by atoms with Crippen molar-refractivity contribution in [3.63, 3.8) is 0 Å². The zero-order valence-electron chi connectivity index (χ0n) is 23.5. The van der Waals surface area contributed by atoms with E-state index in [2.05, 4.69) is 20.3 Å². The molecule has 4 aromatic heterocycles. The van der Waals surface area contributed by atoms with E-state index in [4.69, 9.17) is 16.5 Å². The summed E-state index contributed by atoms with van der Waals surface area (Å²) in [7, 11) is -3.75. The number of nitrogens with one attached hydrogen (secondary N) is 1. The molecule has 6 heterocycles. The predicted octanol–water partition coefficient (Wildman–Crippen LogP) is 3.18. The Kier molecular flexibility index (Phi) is 6.51. The van der Waals surface area contributed by atoms with E-state index in [1.165, 1.54) is 4.52 Å². The number of carbonyl (C=O) groups excluding carboxylic acids is 1. The van der Waals surface area contributed by atoms with E-state index in [1.54, 1.807) is 18.5 Å². The van der Waals surface area contributed by atoms with Gasteiger partial charge in [0.2, 0.25) is 0 Å². The SMILES string of the molecule is CS(=O)(=O)c1c(C2C[C@H]3CC[C@@H](C2)N3C(=O)c2cc(CN)[nH]n2)nc2c(-c3ccc(-c4ccccc4)nc3)cnn2c1N. The first kappa shape index (κ1) is 27.2. The fourth-order valence-corrected chi connectivity index (χ4v) is 7.71. The summed E-state index contributed by atoms with van der Waals surface area (Å²) < 4.78 is 27.6. The van der Waals surface area contributed by atoms with E-state index in [1.807, 2.05) is 47.4 Å². The summed E-state index contributed by atoms with van der Waals surface area (Å²) in [6.45, 7) is 0.267. The average Bonchev–Trinajstić information content (AvgIpc) is 3.73. The van der Waals surface area contributed by atoms with Gasteiger partial charge in [-0.15, -0.1) is 0 Å². The molecule has 43 heavy (non-hydrogen) atoms. The second kappa shape index (κ2) is 10.3. The lowest BCUT2D eigenvalue weighted by Crippen LogP contribution is -2.46. The van der Waals surface area contributed by atoms with E-state index in [9.17, 15) is 13.2 Å². The number of pyridine rings is 1. The van der Waals surface area contributed by atoms with Crippen molar-refractivity contribution in [3.8, 4) is 22.4 Å². The predicted molar refractivity (Wildman–Crippen MR) is 161 cm³/mol. The first-order valence-electron chi connectivity index (χ1n) is 14.2. The topological polar surface area (TPSA) is 178 Å². The number of H-pyrrole nitrogens is 1. The normalized spacial score (nSPS) is 20.1. The number of benzene rings is 1. The number of nitrogens with zero attached hydrogens (tertiary/aromatic N) is 6. The number of aromatic nitrogens is 6. The van der Waals surface area contributed by atoms with E-state index >= 15 is 0 Å². The Morgan fingerprint density at radius 2 is 1.79 bits per heavy atom. The van der Waals surface area contributed by atoms with Crippen molar-refractivity contribution < 1.29 is 13.2 Å². The van der Waals surface area contributed by atoms with Crippen LogP contribution in [-0.4, -0.2) is 67.3 Å². The van der Waals surface area contributed by atoms with E-state index in [-0.39, 0.29) is 41.2 Å². The molecular weight excluding hydrogens is 566 g/mol. The van der Waals surface area contributed by atoms with Gasteiger partial charge in [0.15, 0.2) is 15.5 Å². The van der Waals surface area contributed by atoms with Crippen LogP contribution in [0.1, 0.15) is 53.5 Å². The van der Waals surface area contributed by atoms with Crippen LogP contribution in [-0.2, 0) is 16.4 Å². The highest BCUT2D eigenvalue weighted by molar-refractivity contribution is 7.91. The number of amides is 1. The van der Waals surface area contributed by atoms with Crippen LogP contribution < -0.4 is 11.5 Å². The van der Waals surface area contributed by atoms with Crippen molar-refractivity contribution in [2.45, 2.75) is 55.1 Å². The Bertz CT molecular complexity index is 1940. The van der Waals surface area contributed by atoms with Gasteiger partial charge >= 0.3 is 0 Å². The second-order valence-corrected chi connectivity index (χ2v) is 13.3. The fraction of sp³-hybridized carbons (Fsp3) is 0.300. The van der Waals surface area contributed by atoms with Crippen LogP contribution in [0, 0.1) is 0 Å². The lowest BCUT2D eigenvalue weighted by atomic mass is 9.87. The molecule has 2 bridgehead atoms. The maximum absolute atomic E-state index is 13.4. The molecule has 5 aromatic rings. The van der Waals surface area contributed by atoms with Crippen LogP contribution in [0.15, 0.2) is 65.8 Å². The largest absolute Gasteiger partial charge is 0.382 e. The van der Waals surface area contributed by atoms with Crippen LogP contribution in [0.4, 0.5) is 5.82 Å². The number of rotatable bonds is 6. The van der Waals surface area contributed by atoms with Crippen molar-refractivity contribution in [2.75, 3.05) is 12.0 Å². The molecule has 2 saturated heterocycles. The smallest absolute Gasteiger partial charge is 0.274 e. The van der Waals surface area contributed by atoms with Gasteiger partial charge in [-0.05, 0) is 37.8 Å². The molecule has 1 unspecified atom stereocenters. The number of hydrogen-bond acceptors (Lipinski definition) is 9. The minimum atomic E-state index is -3.75. The molecule has 0 radical (unpaired) electrons. The molecule has 2 fully saturated rings. The van der Waals surface area contributed by atoms with Gasteiger partial charge in [-0.2, -0.15) is 14.7 Å². The number of hydrogen-bond donors (Lipinski definition) is 3. The van der Waals surface area contributed by atoms with Crippen molar-refractivity contribution in [1.82, 2.24) is 34.7 Å². The van der Waals surface area contributed by atoms with Gasteiger partial charge < -0.3 is 16.4 Å². The lowest BCUT2D eigenvalue weighted by molar-refractivity contribution is 0.0562. The minimum Gasteiger partial charge on any atom is -0.382 e. The summed E-state index contributed by atoms with van der Waals surface area (Å²) in [5.74, 6) is -0.323. The van der Waals surface area contributed by atoms with Crippen molar-refractivity contribution in [3.05, 3.63) is 78.0 Å². The number of carbonyl (C=O) groups is 1. The standard InChI is InChI=1S/C30H31N9O3S/c1-43(41,42)27-26(19-11-21-8-9-22(12-19)38(21)30(40)25-13-20(14-31)36-37-25)35-29-23(16-34-39(29)28(27)32)18-7-10-24(33-15-18)17-5-3-2-4-6-17/h2-7,10,13,15-16,19,21-22H,8-9,11-12,14,31-32H2,1H3,(H,36,37)/t19?,21-,22+. The Balaban J connectivity index is 1.26. The third kappa shape index (κ3) is 4.64. The van der Waals surface area contributed by atoms with Gasteiger partial charge in [-0.1, -0.05) is 36.4 Å². The lowest BCUT2D eigenvalue weighted by Gasteiger charge is -2.39. The molecule has 3 atom stereocenters. The average molecular weight is 598 g/mol. The summed E-state index contributed by atoms with van der Waals surface area (Å²) in [5.41, 5.74) is 17.5. The van der Waals surface area contributed by atoms with Crippen LogP contribution in [0.2, 0.25) is 0 Å². The zero-order valence-corrected chi connectivity index (χ0v) is 24.3. The monoisotopic (exact) mass is 597 g/mol. The van der Waals surface area contributed by atoms with Gasteiger partial charge in [0.1, 0.15) is 16.4 Å². The molecule has 5 N–H and O–H groups in total. The van der Waals surface area contributed by atoms with Gasteiger partial charge in [-0.3, -0.25) is 14.9 Å². The summed E-state index contributed by atoms with van der Waals surface area (Å²) in [6, 6.07) is 15.3. The van der Waals surface area contributed by atoms with Crippen molar-refractivity contribution in [2.24, 2.45) is 5.73 Å². The minimum absolute atomic E-state index is 0.00346. The molecule has 1 amide bonds. The number of piperidine rings is 1. The van der Waals surface area contributed by atoms with Gasteiger partial charge in [0, 0.05) is 59.4 Å². The van der Waals surface area contributed by atoms with E-state index in [0.717, 1.165) is 35.9 Å². The molecule has 0 spiro atoms. The van der Waals surface area contributed by atoms with Gasteiger partial charge in [-0.25, -0.2) is 13.4 Å². The fourth-order valence-electron chi connectivity index (χ4n) is 6.65. The molecule has 12 nitrogen and oxygen atoms in total. The second-order valence-electron chi connectivity index (χ2n) is 11.3. The molecule has 2 aliphatic heterocycles. The highest BCUT2D eigenvalue weighted by Crippen LogP contribution is 2.45. The number of aromatic amines is 1. The molecule has 220 valence electrons. The van der Waals surface area contributed by atoms with Crippen LogP contribution in [0.5, 0.6) is 0 Å². The molecule has 0 saturated carbocycles. The van der Waals surface area contributed by atoms with Crippen LogP contribution in [0.25, 0.3) is 28.0 Å². The molecule has 13 heteroatoms. The van der Waals surface area contributed by atoms with Crippen molar-refractivity contribution in [1.29, 1.82) is 0 Å². The quantitative estimate of drug-likeness (QED) is 0.265. The summed E-state index contributed by atoms with van der Waals surface area (Å²) in [6.07, 6.45) is 7.33. The molecular formula is C30H31N9O3S. The third-order valence-electron chi connectivity index (χ3n) is 8.60. The molecule has 0 aliphatic carbocycles. The number of anilines is 1. The molecule has 1 aromatic carbocycles. The van der Waals surface area contributed by atoms with Crippen LogP contribution >= 0.6 is 0 Å². The molecule has 7 rings (SSSR count). The first-order valence-corrected chi connectivity index (χ1v) is 16.1. The summed E-state index contributed by atoms with van der Waals surface area (Å²) >= 11 is 0. The van der Waals surface area contributed by atoms with E-state index in [0.29, 0.717) is 41.1 Å². The number of sulfone groups is 1. The van der Waals surface area contributed by atoms with Crippen molar-refractivity contribution >= 4 is 27.2 Å². The maximum Gasteiger partial charge on any atom is 0.274 e.